The van der Waals surface area contributed by atoms with Crippen LogP contribution >= 0.6 is 0 Å². The normalized spacial score (nSPS) is 40.0. The Balaban J connectivity index is 1.29. The zero-order valence-electron chi connectivity index (χ0n) is 19.7. The molecule has 5 heteroatoms. The van der Waals surface area contributed by atoms with Gasteiger partial charge < -0.3 is 19.2 Å². The van der Waals surface area contributed by atoms with Crippen molar-refractivity contribution in [1.82, 2.24) is 4.98 Å². The van der Waals surface area contributed by atoms with Gasteiger partial charge in [-0.1, -0.05) is 38.8 Å². The Labute approximate surface area is 191 Å². The second kappa shape index (κ2) is 8.64. The number of ether oxygens (including phenoxy) is 3. The molecule has 1 saturated heterocycles. The lowest BCUT2D eigenvalue weighted by Gasteiger charge is -2.63. The van der Waals surface area contributed by atoms with Crippen molar-refractivity contribution in [3.05, 3.63) is 40.8 Å². The average Bonchev–Trinajstić information content (AvgIpc) is 3.30. The first-order valence-electron chi connectivity index (χ1n) is 12.7. The second-order valence-corrected chi connectivity index (χ2v) is 11.2. The topological polar surface area (TPSA) is 60.6 Å². The van der Waals surface area contributed by atoms with Crippen molar-refractivity contribution in [3.8, 4) is 5.75 Å². The number of allylic oxidation sites excluding steroid dienone is 1. The largest absolute Gasteiger partial charge is 0.493 e. The van der Waals surface area contributed by atoms with Crippen LogP contribution in [0.25, 0.3) is 0 Å². The van der Waals surface area contributed by atoms with Crippen LogP contribution < -0.4 is 10.3 Å². The number of hydrogen-bond donors (Lipinski definition) is 1. The third-order valence-electron chi connectivity index (χ3n) is 9.38. The van der Waals surface area contributed by atoms with Gasteiger partial charge in [0.25, 0.3) is 5.56 Å². The lowest BCUT2D eigenvalue weighted by Crippen LogP contribution is -2.62. The van der Waals surface area contributed by atoms with E-state index >= 15 is 0 Å². The molecule has 2 heterocycles. The summed E-state index contributed by atoms with van der Waals surface area (Å²) in [6.45, 7) is 10.8. The number of H-pyrrole nitrogens is 1. The number of aromatic nitrogens is 1. The standard InChI is InChI=1S/C27H39NO4/c1-18-8-9-22-26(2,21(18)12-15-30-20-11-14-28-24(29)16-20)13-10-23-27(22,3)17-31-25(32-23)19-6-4-5-7-19/h11,14,16,19,21-23,25H,1,4-10,12-13,15,17H2,2-3H3,(H,28,29)/t21-,22?,23-,25-,26+,27+/m1/s1. The first-order chi connectivity index (χ1) is 15.4. The van der Waals surface area contributed by atoms with Crippen LogP contribution in [0.4, 0.5) is 0 Å². The highest BCUT2D eigenvalue weighted by Crippen LogP contribution is 2.63. The van der Waals surface area contributed by atoms with Crippen LogP contribution in [0, 0.1) is 28.6 Å². The zero-order valence-corrected chi connectivity index (χ0v) is 19.7. The predicted octanol–water partition coefficient (Wildman–Crippen LogP) is 5.46. The van der Waals surface area contributed by atoms with Crippen LogP contribution in [0.3, 0.4) is 0 Å². The smallest absolute Gasteiger partial charge is 0.251 e. The van der Waals surface area contributed by atoms with Crippen molar-refractivity contribution < 1.29 is 14.2 Å². The maximum absolute atomic E-state index is 11.5. The van der Waals surface area contributed by atoms with E-state index in [1.54, 1.807) is 6.20 Å². The van der Waals surface area contributed by atoms with Gasteiger partial charge in [0, 0.05) is 23.6 Å². The predicted molar refractivity (Wildman–Crippen MR) is 125 cm³/mol. The van der Waals surface area contributed by atoms with Gasteiger partial charge in [0.05, 0.1) is 19.3 Å². The summed E-state index contributed by atoms with van der Waals surface area (Å²) in [5, 5.41) is 0. The number of rotatable bonds is 5. The second-order valence-electron chi connectivity index (χ2n) is 11.2. The van der Waals surface area contributed by atoms with Crippen LogP contribution in [-0.4, -0.2) is 30.6 Å². The summed E-state index contributed by atoms with van der Waals surface area (Å²) < 4.78 is 19.1. The summed E-state index contributed by atoms with van der Waals surface area (Å²) in [6.07, 6.45) is 12.6. The third-order valence-corrected chi connectivity index (χ3v) is 9.38. The molecule has 0 bridgehead atoms. The van der Waals surface area contributed by atoms with Gasteiger partial charge in [-0.2, -0.15) is 0 Å². The fourth-order valence-corrected chi connectivity index (χ4v) is 7.67. The Morgan fingerprint density at radius 1 is 1.19 bits per heavy atom. The maximum atomic E-state index is 11.5. The van der Waals surface area contributed by atoms with Gasteiger partial charge >= 0.3 is 0 Å². The molecule has 5 nitrogen and oxygen atoms in total. The average molecular weight is 442 g/mol. The summed E-state index contributed by atoms with van der Waals surface area (Å²) >= 11 is 0. The summed E-state index contributed by atoms with van der Waals surface area (Å²) in [4.78, 5) is 14.2. The molecule has 0 radical (unpaired) electrons. The molecule has 6 atom stereocenters. The Bertz CT molecular complexity index is 890. The van der Waals surface area contributed by atoms with Crippen LogP contribution in [0.2, 0.25) is 0 Å². The Morgan fingerprint density at radius 2 is 2.00 bits per heavy atom. The van der Waals surface area contributed by atoms with Gasteiger partial charge in [-0.15, -0.1) is 0 Å². The van der Waals surface area contributed by atoms with Crippen molar-refractivity contribution in [1.29, 1.82) is 0 Å². The molecule has 1 N–H and O–H groups in total. The van der Waals surface area contributed by atoms with E-state index in [0.717, 1.165) is 25.9 Å². The highest BCUT2D eigenvalue weighted by molar-refractivity contribution is 5.19. The minimum absolute atomic E-state index is 0.0108. The number of pyridine rings is 1. The van der Waals surface area contributed by atoms with E-state index < -0.39 is 0 Å². The molecule has 0 aromatic carbocycles. The number of aromatic amines is 1. The van der Waals surface area contributed by atoms with Gasteiger partial charge in [0.1, 0.15) is 5.75 Å². The van der Waals surface area contributed by atoms with Gasteiger partial charge in [-0.3, -0.25) is 4.79 Å². The van der Waals surface area contributed by atoms with Crippen molar-refractivity contribution in [3.63, 3.8) is 0 Å². The summed E-state index contributed by atoms with van der Waals surface area (Å²) in [7, 11) is 0. The Morgan fingerprint density at radius 3 is 2.78 bits per heavy atom. The van der Waals surface area contributed by atoms with Crippen LogP contribution in [0.15, 0.2) is 35.3 Å². The molecular formula is C27H39NO4. The quantitative estimate of drug-likeness (QED) is 0.616. The molecule has 1 aromatic rings. The van der Waals surface area contributed by atoms with Crippen molar-refractivity contribution in [2.75, 3.05) is 13.2 Å². The Kier molecular flexibility index (Phi) is 6.00. The molecule has 176 valence electrons. The van der Waals surface area contributed by atoms with Gasteiger partial charge in [-0.25, -0.2) is 0 Å². The maximum Gasteiger partial charge on any atom is 0.251 e. The highest BCUT2D eigenvalue weighted by atomic mass is 16.7. The molecule has 1 aromatic heterocycles. The van der Waals surface area contributed by atoms with Crippen molar-refractivity contribution >= 4 is 0 Å². The molecule has 4 aliphatic rings. The molecule has 0 amide bonds. The number of nitrogens with one attached hydrogen (secondary N) is 1. The lowest BCUT2D eigenvalue weighted by atomic mass is 9.46. The minimum Gasteiger partial charge on any atom is -0.493 e. The lowest BCUT2D eigenvalue weighted by molar-refractivity contribution is -0.316. The summed E-state index contributed by atoms with van der Waals surface area (Å²) in [6, 6.07) is 3.33. The molecule has 1 unspecified atom stereocenters. The first kappa shape index (κ1) is 22.2. The summed E-state index contributed by atoms with van der Waals surface area (Å²) in [5.74, 6) is 2.22. The van der Waals surface area contributed by atoms with E-state index in [0.29, 0.717) is 36.2 Å². The Hall–Kier alpha value is -1.59. The van der Waals surface area contributed by atoms with Crippen molar-refractivity contribution in [2.24, 2.45) is 28.6 Å². The van der Waals surface area contributed by atoms with Crippen molar-refractivity contribution in [2.45, 2.75) is 84.0 Å². The van der Waals surface area contributed by atoms with E-state index in [1.807, 2.05) is 6.07 Å². The highest BCUT2D eigenvalue weighted by Gasteiger charge is 2.60. The monoisotopic (exact) mass is 441 g/mol. The molecule has 3 aliphatic carbocycles. The zero-order chi connectivity index (χ0) is 22.3. The first-order valence-corrected chi connectivity index (χ1v) is 12.7. The SMILES string of the molecule is C=C1CCC2[C@]3(C)CO[C@@H](C4CCCC4)O[C@@H]3CC[C@@]2(C)[C@@H]1CCOc1cc[nH]c(=O)c1. The molecule has 4 fully saturated rings. The minimum atomic E-state index is -0.129. The van der Waals surface area contributed by atoms with E-state index in [4.69, 9.17) is 14.2 Å². The molecule has 5 rings (SSSR count). The van der Waals surface area contributed by atoms with Crippen LogP contribution in [-0.2, 0) is 9.47 Å². The van der Waals surface area contributed by atoms with E-state index in [2.05, 4.69) is 25.4 Å². The van der Waals surface area contributed by atoms with Crippen LogP contribution in [0.5, 0.6) is 5.75 Å². The molecule has 1 aliphatic heterocycles. The molecular weight excluding hydrogens is 402 g/mol. The number of hydrogen-bond acceptors (Lipinski definition) is 4. The molecule has 3 saturated carbocycles. The van der Waals surface area contributed by atoms with Crippen LogP contribution in [0.1, 0.15) is 71.6 Å². The fraction of sp³-hybridized carbons (Fsp3) is 0.741. The third kappa shape index (κ3) is 3.86. The fourth-order valence-electron chi connectivity index (χ4n) is 7.67. The van der Waals surface area contributed by atoms with Gasteiger partial charge in [0.2, 0.25) is 0 Å². The van der Waals surface area contributed by atoms with E-state index in [1.165, 1.54) is 50.2 Å². The number of fused-ring (bicyclic) bond motifs is 3. The molecule has 32 heavy (non-hydrogen) atoms. The van der Waals surface area contributed by atoms with E-state index in [9.17, 15) is 4.79 Å². The summed E-state index contributed by atoms with van der Waals surface area (Å²) in [5.41, 5.74) is 1.48. The van der Waals surface area contributed by atoms with Gasteiger partial charge in [0.15, 0.2) is 6.29 Å². The molecule has 0 spiro atoms. The van der Waals surface area contributed by atoms with E-state index in [-0.39, 0.29) is 22.7 Å². The van der Waals surface area contributed by atoms with Gasteiger partial charge in [-0.05, 0) is 68.3 Å².